The molecule has 0 aromatic heterocycles. The van der Waals surface area contributed by atoms with E-state index in [1.165, 1.54) is 19.3 Å². The van der Waals surface area contributed by atoms with Crippen molar-refractivity contribution in [1.82, 2.24) is 0 Å². The second-order valence-corrected chi connectivity index (χ2v) is 7.71. The first kappa shape index (κ1) is 13.6. The van der Waals surface area contributed by atoms with Crippen LogP contribution in [0.15, 0.2) is 0 Å². The second kappa shape index (κ2) is 4.99. The molecule has 4 heteroatoms. The van der Waals surface area contributed by atoms with Gasteiger partial charge < -0.3 is 9.47 Å². The topological polar surface area (TPSA) is 52.6 Å². The van der Waals surface area contributed by atoms with Crippen LogP contribution in [0.4, 0.5) is 0 Å². The zero-order chi connectivity index (χ0) is 14.4. The summed E-state index contributed by atoms with van der Waals surface area (Å²) in [6, 6.07) is 0. The van der Waals surface area contributed by atoms with E-state index in [2.05, 4.69) is 0 Å². The molecular formula is C17H24O4. The van der Waals surface area contributed by atoms with E-state index >= 15 is 0 Å². The molecule has 4 rings (SSSR count). The summed E-state index contributed by atoms with van der Waals surface area (Å²) in [5.74, 6) is 1.54. The SMILES string of the molecule is O=C(OCC1(COC(=O)C2CC2)CC2CCC1C2)C1CC1. The highest BCUT2D eigenvalue weighted by atomic mass is 16.5. The predicted molar refractivity (Wildman–Crippen MR) is 75.2 cm³/mol. The van der Waals surface area contributed by atoms with Crippen molar-refractivity contribution in [2.75, 3.05) is 13.2 Å². The summed E-state index contributed by atoms with van der Waals surface area (Å²) in [7, 11) is 0. The predicted octanol–water partition coefficient (Wildman–Crippen LogP) is 2.70. The first-order valence-corrected chi connectivity index (χ1v) is 8.49. The smallest absolute Gasteiger partial charge is 0.308 e. The molecular weight excluding hydrogens is 268 g/mol. The number of esters is 2. The van der Waals surface area contributed by atoms with Crippen molar-refractivity contribution in [3.8, 4) is 0 Å². The molecule has 2 bridgehead atoms. The first-order chi connectivity index (χ1) is 10.2. The van der Waals surface area contributed by atoms with Crippen LogP contribution in [0.5, 0.6) is 0 Å². The third-order valence-corrected chi connectivity index (χ3v) is 5.93. The molecule has 4 aliphatic rings. The average molecular weight is 292 g/mol. The molecule has 116 valence electrons. The van der Waals surface area contributed by atoms with Crippen molar-refractivity contribution in [1.29, 1.82) is 0 Å². The van der Waals surface area contributed by atoms with Gasteiger partial charge in [-0.3, -0.25) is 9.59 Å². The minimum absolute atomic E-state index is 0.0364. The van der Waals surface area contributed by atoms with Gasteiger partial charge in [0, 0.05) is 5.41 Å². The minimum Gasteiger partial charge on any atom is -0.465 e. The van der Waals surface area contributed by atoms with Gasteiger partial charge in [-0.1, -0.05) is 6.42 Å². The number of fused-ring (bicyclic) bond motifs is 2. The second-order valence-electron chi connectivity index (χ2n) is 7.71. The van der Waals surface area contributed by atoms with Crippen molar-refractivity contribution in [3.05, 3.63) is 0 Å². The van der Waals surface area contributed by atoms with Crippen molar-refractivity contribution in [3.63, 3.8) is 0 Å². The summed E-state index contributed by atoms with van der Waals surface area (Å²) in [5.41, 5.74) is -0.0853. The lowest BCUT2D eigenvalue weighted by Crippen LogP contribution is -2.39. The van der Waals surface area contributed by atoms with Gasteiger partial charge in [0.15, 0.2) is 0 Å². The highest BCUT2D eigenvalue weighted by Gasteiger charge is 2.53. The van der Waals surface area contributed by atoms with Gasteiger partial charge >= 0.3 is 11.9 Å². The quantitative estimate of drug-likeness (QED) is 0.706. The average Bonchev–Trinajstić information content (AvgIpc) is 3.40. The van der Waals surface area contributed by atoms with Crippen LogP contribution in [0.25, 0.3) is 0 Å². The van der Waals surface area contributed by atoms with Crippen molar-refractivity contribution >= 4 is 11.9 Å². The van der Waals surface area contributed by atoms with Crippen LogP contribution in [-0.2, 0) is 19.1 Å². The van der Waals surface area contributed by atoms with Crippen molar-refractivity contribution in [2.24, 2.45) is 29.1 Å². The number of carbonyl (C=O) groups is 2. The normalized spacial score (nSPS) is 33.0. The number of carbonyl (C=O) groups excluding carboxylic acids is 2. The van der Waals surface area contributed by atoms with E-state index in [1.807, 2.05) is 0 Å². The summed E-state index contributed by atoms with van der Waals surface area (Å²) in [5, 5.41) is 0. The Morgan fingerprint density at radius 2 is 1.43 bits per heavy atom. The van der Waals surface area contributed by atoms with Gasteiger partial charge in [-0.05, 0) is 56.8 Å². The summed E-state index contributed by atoms with van der Waals surface area (Å²) in [6.45, 7) is 0.920. The minimum atomic E-state index is -0.0853. The number of hydrogen-bond donors (Lipinski definition) is 0. The number of rotatable bonds is 6. The Morgan fingerprint density at radius 1 is 0.857 bits per heavy atom. The fraction of sp³-hybridized carbons (Fsp3) is 0.882. The fourth-order valence-corrected chi connectivity index (χ4v) is 4.26. The van der Waals surface area contributed by atoms with Crippen LogP contribution >= 0.6 is 0 Å². The van der Waals surface area contributed by atoms with Crippen LogP contribution in [0.3, 0.4) is 0 Å². The molecule has 0 radical (unpaired) electrons. The Morgan fingerprint density at radius 3 is 1.81 bits per heavy atom. The van der Waals surface area contributed by atoms with Crippen LogP contribution < -0.4 is 0 Å². The zero-order valence-corrected chi connectivity index (χ0v) is 12.5. The Kier molecular flexibility index (Phi) is 3.23. The molecule has 4 aliphatic carbocycles. The molecule has 0 spiro atoms. The lowest BCUT2D eigenvalue weighted by Gasteiger charge is -2.36. The van der Waals surface area contributed by atoms with Gasteiger partial charge in [-0.2, -0.15) is 0 Å². The van der Waals surface area contributed by atoms with Gasteiger partial charge in [0.05, 0.1) is 11.8 Å². The summed E-state index contributed by atoms with van der Waals surface area (Å²) < 4.78 is 11.2. The van der Waals surface area contributed by atoms with Gasteiger partial charge in [-0.25, -0.2) is 0 Å². The molecule has 0 aromatic rings. The van der Waals surface area contributed by atoms with E-state index in [-0.39, 0.29) is 29.2 Å². The molecule has 4 fully saturated rings. The lowest BCUT2D eigenvalue weighted by molar-refractivity contribution is -0.158. The Balaban J connectivity index is 1.38. The van der Waals surface area contributed by atoms with E-state index in [4.69, 9.17) is 9.47 Å². The molecule has 2 atom stereocenters. The van der Waals surface area contributed by atoms with Crippen LogP contribution in [0.2, 0.25) is 0 Å². The maximum Gasteiger partial charge on any atom is 0.308 e. The first-order valence-electron chi connectivity index (χ1n) is 8.49. The van der Waals surface area contributed by atoms with Gasteiger partial charge in [0.2, 0.25) is 0 Å². The maximum absolute atomic E-state index is 11.8. The van der Waals surface area contributed by atoms with Crippen molar-refractivity contribution < 1.29 is 19.1 Å². The third-order valence-electron chi connectivity index (χ3n) is 5.93. The number of hydrogen-bond acceptors (Lipinski definition) is 4. The fourth-order valence-electron chi connectivity index (χ4n) is 4.26. The highest BCUT2D eigenvalue weighted by Crippen LogP contribution is 2.56. The molecule has 2 unspecified atom stereocenters. The lowest BCUT2D eigenvalue weighted by atomic mass is 9.74. The monoisotopic (exact) mass is 292 g/mol. The van der Waals surface area contributed by atoms with E-state index in [0.717, 1.165) is 38.0 Å². The summed E-state index contributed by atoms with van der Waals surface area (Å²) in [6.07, 6.45) is 8.70. The third kappa shape index (κ3) is 2.69. The van der Waals surface area contributed by atoms with Crippen LogP contribution in [0, 0.1) is 29.1 Å². The number of ether oxygens (including phenoxy) is 2. The molecule has 0 aliphatic heterocycles. The largest absolute Gasteiger partial charge is 0.465 e. The van der Waals surface area contributed by atoms with Gasteiger partial charge in [-0.15, -0.1) is 0 Å². The molecule has 0 aromatic carbocycles. The molecule has 4 nitrogen and oxygen atoms in total. The van der Waals surface area contributed by atoms with E-state index < -0.39 is 0 Å². The van der Waals surface area contributed by atoms with Gasteiger partial charge in [0.25, 0.3) is 0 Å². The Bertz CT molecular complexity index is 422. The van der Waals surface area contributed by atoms with Crippen molar-refractivity contribution in [2.45, 2.75) is 51.4 Å². The van der Waals surface area contributed by atoms with E-state index in [0.29, 0.717) is 19.1 Å². The van der Waals surface area contributed by atoms with E-state index in [1.54, 1.807) is 0 Å². The van der Waals surface area contributed by atoms with Gasteiger partial charge in [0.1, 0.15) is 13.2 Å². The van der Waals surface area contributed by atoms with Crippen LogP contribution in [0.1, 0.15) is 51.4 Å². The molecule has 0 N–H and O–H groups in total. The highest BCUT2D eigenvalue weighted by molar-refractivity contribution is 5.75. The van der Waals surface area contributed by atoms with E-state index in [9.17, 15) is 9.59 Å². The summed E-state index contributed by atoms with van der Waals surface area (Å²) in [4.78, 5) is 23.7. The standard InChI is InChI=1S/C17H24O4/c18-15(12-2-3-12)20-9-17(8-11-1-6-14(17)7-11)10-21-16(19)13-4-5-13/h11-14H,1-10H2. The molecule has 21 heavy (non-hydrogen) atoms. The molecule has 0 heterocycles. The maximum atomic E-state index is 11.8. The molecule has 0 saturated heterocycles. The Labute approximate surface area is 125 Å². The summed E-state index contributed by atoms with van der Waals surface area (Å²) >= 11 is 0. The Hall–Kier alpha value is -1.06. The molecule has 4 saturated carbocycles. The van der Waals surface area contributed by atoms with Crippen LogP contribution in [-0.4, -0.2) is 25.2 Å². The molecule has 0 amide bonds. The zero-order valence-electron chi connectivity index (χ0n) is 12.5.